The van der Waals surface area contributed by atoms with E-state index in [1.807, 2.05) is 6.92 Å². The smallest absolute Gasteiger partial charge is 0.346 e. The Bertz CT molecular complexity index is 824. The molecule has 8 heteroatoms. The van der Waals surface area contributed by atoms with Crippen LogP contribution in [0.4, 0.5) is 5.82 Å². The third kappa shape index (κ3) is 2.45. The summed E-state index contributed by atoms with van der Waals surface area (Å²) < 4.78 is 5.38. The minimum atomic E-state index is -0.954. The Labute approximate surface area is 123 Å². The molecule has 0 saturated carbocycles. The first-order valence-corrected chi connectivity index (χ1v) is 7.00. The van der Waals surface area contributed by atoms with Gasteiger partial charge in [0.15, 0.2) is 0 Å². The third-order valence-electron chi connectivity index (χ3n) is 3.00. The second kappa shape index (κ2) is 5.13. The molecule has 0 aliphatic heterocycles. The van der Waals surface area contributed by atoms with Crippen molar-refractivity contribution in [3.8, 4) is 0 Å². The van der Waals surface area contributed by atoms with Gasteiger partial charge in [-0.25, -0.2) is 19.7 Å². The zero-order valence-corrected chi connectivity index (χ0v) is 12.2. The fourth-order valence-electron chi connectivity index (χ4n) is 2.05. The summed E-state index contributed by atoms with van der Waals surface area (Å²) in [5.74, 6) is 0.909. The predicted molar refractivity (Wildman–Crippen MR) is 77.7 cm³/mol. The number of carboxylic acids is 1. The lowest BCUT2D eigenvalue weighted by molar-refractivity contribution is 0.0701. The summed E-state index contributed by atoms with van der Waals surface area (Å²) in [6.45, 7) is 3.95. The zero-order chi connectivity index (χ0) is 15.0. The molecule has 0 amide bonds. The largest absolute Gasteiger partial charge is 0.477 e. The third-order valence-corrected chi connectivity index (χ3v) is 4.19. The maximum atomic E-state index is 11.2. The van der Waals surface area contributed by atoms with Crippen LogP contribution in [0.2, 0.25) is 0 Å². The van der Waals surface area contributed by atoms with Gasteiger partial charge in [0.2, 0.25) is 5.89 Å². The second-order valence-electron chi connectivity index (χ2n) is 4.48. The van der Waals surface area contributed by atoms with Crippen LogP contribution in [-0.4, -0.2) is 26.0 Å². The van der Waals surface area contributed by atoms with E-state index in [1.54, 1.807) is 13.1 Å². The lowest BCUT2D eigenvalue weighted by Crippen LogP contribution is -2.03. The van der Waals surface area contributed by atoms with Crippen LogP contribution < -0.4 is 5.32 Å². The molecule has 3 rings (SSSR count). The molecular formula is C13H12N4O3S. The summed E-state index contributed by atoms with van der Waals surface area (Å²) in [5.41, 5.74) is 0.661. The van der Waals surface area contributed by atoms with Crippen LogP contribution in [0, 0.1) is 13.8 Å². The number of thiophene rings is 1. The summed E-state index contributed by atoms with van der Waals surface area (Å²) in [6, 6.07) is 0. The number of carboxylic acid groups (broad SMARTS) is 1. The number of carbonyl (C=O) groups is 1. The molecule has 108 valence electrons. The van der Waals surface area contributed by atoms with Gasteiger partial charge in [0, 0.05) is 0 Å². The summed E-state index contributed by atoms with van der Waals surface area (Å²) in [7, 11) is 0. The van der Waals surface area contributed by atoms with Crippen LogP contribution in [0.25, 0.3) is 10.2 Å². The molecule has 2 N–H and O–H groups in total. The van der Waals surface area contributed by atoms with E-state index in [2.05, 4.69) is 20.3 Å². The fraction of sp³-hybridized carbons (Fsp3) is 0.231. The van der Waals surface area contributed by atoms with E-state index in [0.717, 1.165) is 22.5 Å². The van der Waals surface area contributed by atoms with Gasteiger partial charge >= 0.3 is 5.97 Å². The second-order valence-corrected chi connectivity index (χ2v) is 5.48. The van der Waals surface area contributed by atoms with Gasteiger partial charge in [-0.2, -0.15) is 0 Å². The van der Waals surface area contributed by atoms with Gasteiger partial charge in [0.1, 0.15) is 27.6 Å². The highest BCUT2D eigenvalue weighted by atomic mass is 32.1. The monoisotopic (exact) mass is 304 g/mol. The van der Waals surface area contributed by atoms with Gasteiger partial charge in [-0.3, -0.25) is 0 Å². The number of aromatic carboxylic acids is 1. The lowest BCUT2D eigenvalue weighted by Gasteiger charge is -2.04. The van der Waals surface area contributed by atoms with Crippen molar-refractivity contribution in [2.75, 3.05) is 5.32 Å². The zero-order valence-electron chi connectivity index (χ0n) is 11.4. The Morgan fingerprint density at radius 1 is 1.38 bits per heavy atom. The van der Waals surface area contributed by atoms with Crippen LogP contribution in [0.15, 0.2) is 16.9 Å². The van der Waals surface area contributed by atoms with Gasteiger partial charge in [-0.15, -0.1) is 11.3 Å². The van der Waals surface area contributed by atoms with E-state index < -0.39 is 5.97 Å². The molecule has 0 saturated heterocycles. The van der Waals surface area contributed by atoms with Crippen LogP contribution >= 0.6 is 11.3 Å². The number of nitrogens with zero attached hydrogens (tertiary/aromatic N) is 3. The number of rotatable bonds is 4. The average molecular weight is 304 g/mol. The molecule has 7 nitrogen and oxygen atoms in total. The number of aromatic nitrogens is 3. The molecule has 0 fully saturated rings. The van der Waals surface area contributed by atoms with Gasteiger partial charge in [-0.05, 0) is 19.4 Å². The SMILES string of the molecule is Cc1cnc(CNc2ncnc3sc(C(=O)O)c(C)c23)o1. The van der Waals surface area contributed by atoms with Gasteiger partial charge in [0.05, 0.1) is 18.1 Å². The minimum absolute atomic E-state index is 0.278. The topological polar surface area (TPSA) is 101 Å². The van der Waals surface area contributed by atoms with E-state index in [0.29, 0.717) is 28.6 Å². The standard InChI is InChI=1S/C13H12N4O3S/c1-6-3-14-8(20-6)4-15-11-9-7(2)10(13(18)19)21-12(9)17-5-16-11/h3,5H,4H2,1-2H3,(H,18,19)(H,15,16,17). The number of oxazole rings is 1. The minimum Gasteiger partial charge on any atom is -0.477 e. The molecule has 0 aliphatic rings. The van der Waals surface area contributed by atoms with E-state index in [9.17, 15) is 9.90 Å². The van der Waals surface area contributed by atoms with E-state index in [-0.39, 0.29) is 4.88 Å². The van der Waals surface area contributed by atoms with Crippen molar-refractivity contribution in [2.45, 2.75) is 20.4 Å². The Hall–Kier alpha value is -2.48. The van der Waals surface area contributed by atoms with Crippen molar-refractivity contribution >= 4 is 33.3 Å². The molecular weight excluding hydrogens is 292 g/mol. The molecule has 3 aromatic heterocycles. The number of nitrogens with one attached hydrogen (secondary N) is 1. The van der Waals surface area contributed by atoms with Gasteiger partial charge in [0.25, 0.3) is 0 Å². The quantitative estimate of drug-likeness (QED) is 0.764. The molecule has 0 radical (unpaired) electrons. The maximum Gasteiger partial charge on any atom is 0.346 e. The van der Waals surface area contributed by atoms with Crippen LogP contribution in [0.3, 0.4) is 0 Å². The van der Waals surface area contributed by atoms with Gasteiger partial charge in [-0.1, -0.05) is 0 Å². The van der Waals surface area contributed by atoms with Crippen molar-refractivity contribution in [3.05, 3.63) is 34.6 Å². The van der Waals surface area contributed by atoms with Gasteiger partial charge < -0.3 is 14.8 Å². The summed E-state index contributed by atoms with van der Waals surface area (Å²) >= 11 is 1.14. The Morgan fingerprint density at radius 3 is 2.86 bits per heavy atom. The lowest BCUT2D eigenvalue weighted by atomic mass is 10.2. The first kappa shape index (κ1) is 13.5. The average Bonchev–Trinajstić information content (AvgIpc) is 3.01. The molecule has 0 atom stereocenters. The number of hydrogen-bond donors (Lipinski definition) is 2. The predicted octanol–water partition coefficient (Wildman–Crippen LogP) is 2.61. The number of fused-ring (bicyclic) bond motifs is 1. The van der Waals surface area contributed by atoms with Crippen molar-refractivity contribution in [1.29, 1.82) is 0 Å². The van der Waals surface area contributed by atoms with Crippen molar-refractivity contribution in [3.63, 3.8) is 0 Å². The van der Waals surface area contributed by atoms with E-state index >= 15 is 0 Å². The molecule has 21 heavy (non-hydrogen) atoms. The molecule has 0 unspecified atom stereocenters. The van der Waals surface area contributed by atoms with Crippen LogP contribution in [0.5, 0.6) is 0 Å². The van der Waals surface area contributed by atoms with Crippen molar-refractivity contribution in [1.82, 2.24) is 15.0 Å². The maximum absolute atomic E-state index is 11.2. The van der Waals surface area contributed by atoms with Crippen molar-refractivity contribution < 1.29 is 14.3 Å². The first-order valence-electron chi connectivity index (χ1n) is 6.19. The Balaban J connectivity index is 1.96. The Morgan fingerprint density at radius 2 is 2.19 bits per heavy atom. The highest BCUT2D eigenvalue weighted by Crippen LogP contribution is 2.33. The summed E-state index contributed by atoms with van der Waals surface area (Å²) in [4.78, 5) is 24.5. The molecule has 0 bridgehead atoms. The number of hydrogen-bond acceptors (Lipinski definition) is 7. The highest BCUT2D eigenvalue weighted by molar-refractivity contribution is 7.20. The molecule has 3 heterocycles. The van der Waals surface area contributed by atoms with Crippen LogP contribution in [-0.2, 0) is 6.54 Å². The van der Waals surface area contributed by atoms with Crippen LogP contribution in [0.1, 0.15) is 26.9 Å². The Kier molecular flexibility index (Phi) is 3.30. The normalized spacial score (nSPS) is 11.0. The molecule has 0 aliphatic carbocycles. The summed E-state index contributed by atoms with van der Waals surface area (Å²) in [6.07, 6.45) is 3.05. The van der Waals surface area contributed by atoms with E-state index in [4.69, 9.17) is 4.42 Å². The number of aryl methyl sites for hydroxylation is 2. The molecule has 0 aromatic carbocycles. The molecule has 0 spiro atoms. The number of anilines is 1. The molecule has 3 aromatic rings. The van der Waals surface area contributed by atoms with E-state index in [1.165, 1.54) is 6.33 Å². The fourth-order valence-corrected chi connectivity index (χ4v) is 3.04. The highest BCUT2D eigenvalue weighted by Gasteiger charge is 2.18. The first-order chi connectivity index (χ1) is 10.1. The summed E-state index contributed by atoms with van der Waals surface area (Å²) in [5, 5.41) is 13.0. The van der Waals surface area contributed by atoms with Crippen molar-refractivity contribution in [2.24, 2.45) is 0 Å².